The summed E-state index contributed by atoms with van der Waals surface area (Å²) in [5, 5.41) is 7.03. The Bertz CT molecular complexity index is 222. The highest BCUT2D eigenvalue weighted by molar-refractivity contribution is 5.37. The minimum Gasteiger partial charge on any atom is -0.462 e. The number of piperidine rings is 1. The lowest BCUT2D eigenvalue weighted by atomic mass is 9.87. The van der Waals surface area contributed by atoms with E-state index in [0.717, 1.165) is 0 Å². The first-order chi connectivity index (χ1) is 7.97. The molecule has 0 bridgehead atoms. The maximum Gasteiger partial charge on any atom is 0.293 e. The summed E-state index contributed by atoms with van der Waals surface area (Å²) < 4.78 is 4.55. The quantitative estimate of drug-likeness (QED) is 0.683. The largest absolute Gasteiger partial charge is 0.462 e. The highest BCUT2D eigenvalue weighted by Gasteiger charge is 2.33. The second kappa shape index (κ2) is 6.36. The molecule has 0 aromatic rings. The normalized spacial score (nSPS) is 22.8. The monoisotopic (exact) mass is 242 g/mol. The van der Waals surface area contributed by atoms with E-state index in [1.165, 1.54) is 45.3 Å². The van der Waals surface area contributed by atoms with Crippen molar-refractivity contribution < 1.29 is 9.53 Å². The smallest absolute Gasteiger partial charge is 0.293 e. The number of hydrogen-bond donors (Lipinski definition) is 2. The molecule has 1 spiro atoms. The van der Waals surface area contributed by atoms with Crippen LogP contribution in [0.1, 0.15) is 46.5 Å². The summed E-state index contributed by atoms with van der Waals surface area (Å²) in [6.45, 7) is 9.60. The average Bonchev–Trinajstić information content (AvgIpc) is 2.67. The first-order valence-corrected chi connectivity index (χ1v) is 6.55. The summed E-state index contributed by atoms with van der Waals surface area (Å²) in [5.41, 5.74) is 0.243. The summed E-state index contributed by atoms with van der Waals surface area (Å²) in [4.78, 5) is 9.60. The Morgan fingerprint density at radius 1 is 1.12 bits per heavy atom. The van der Waals surface area contributed by atoms with Crippen LogP contribution in [-0.2, 0) is 9.53 Å². The van der Waals surface area contributed by atoms with Crippen molar-refractivity contribution in [2.24, 2.45) is 0 Å². The number of rotatable bonds is 1. The summed E-state index contributed by atoms with van der Waals surface area (Å²) in [6, 6.07) is 0. The molecule has 2 rings (SSSR count). The predicted molar refractivity (Wildman–Crippen MR) is 69.0 cm³/mol. The lowest BCUT2D eigenvalue weighted by Gasteiger charge is -2.33. The Kier molecular flexibility index (Phi) is 5.40. The number of carbonyl (C=O) groups excluding carboxylic acids is 1. The van der Waals surface area contributed by atoms with E-state index >= 15 is 0 Å². The molecule has 0 aliphatic carbocycles. The zero-order chi connectivity index (χ0) is 12.8. The highest BCUT2D eigenvalue weighted by Crippen LogP contribution is 2.27. The van der Waals surface area contributed by atoms with Crippen LogP contribution in [0.15, 0.2) is 0 Å². The molecular weight excluding hydrogens is 216 g/mol. The number of hydrogen-bond acceptors (Lipinski definition) is 4. The van der Waals surface area contributed by atoms with E-state index in [1.54, 1.807) is 0 Å². The van der Waals surface area contributed by atoms with Gasteiger partial charge in [-0.1, -0.05) is 0 Å². The second-order valence-corrected chi connectivity index (χ2v) is 5.89. The Morgan fingerprint density at radius 2 is 1.76 bits per heavy atom. The minimum atomic E-state index is -0.318. The third-order valence-electron chi connectivity index (χ3n) is 3.29. The van der Waals surface area contributed by atoms with E-state index in [4.69, 9.17) is 0 Å². The molecular formula is C13H26N2O2. The Morgan fingerprint density at radius 3 is 2.12 bits per heavy atom. The molecule has 0 saturated carbocycles. The van der Waals surface area contributed by atoms with Gasteiger partial charge in [0.2, 0.25) is 0 Å². The number of carbonyl (C=O) groups is 1. The SMILES string of the molecule is C1CNC2(C1)CCNCC2.CC(C)(C)OC=O. The topological polar surface area (TPSA) is 50.4 Å². The molecule has 0 aromatic heterocycles. The third kappa shape index (κ3) is 5.50. The molecule has 0 aromatic carbocycles. The van der Waals surface area contributed by atoms with Crippen LogP contribution in [0.2, 0.25) is 0 Å². The van der Waals surface area contributed by atoms with Crippen LogP contribution in [0.4, 0.5) is 0 Å². The van der Waals surface area contributed by atoms with Gasteiger partial charge < -0.3 is 15.4 Å². The summed E-state index contributed by atoms with van der Waals surface area (Å²) in [7, 11) is 0. The minimum absolute atomic E-state index is 0.318. The molecule has 4 nitrogen and oxygen atoms in total. The van der Waals surface area contributed by atoms with Gasteiger partial charge in [0, 0.05) is 5.54 Å². The summed E-state index contributed by atoms with van der Waals surface area (Å²) in [6.07, 6.45) is 5.48. The fourth-order valence-corrected chi connectivity index (χ4v) is 2.35. The zero-order valence-electron chi connectivity index (χ0n) is 11.3. The van der Waals surface area contributed by atoms with Gasteiger partial charge in [-0.3, -0.25) is 4.79 Å². The van der Waals surface area contributed by atoms with Gasteiger partial charge in [0.1, 0.15) is 5.60 Å². The molecule has 2 aliphatic rings. The van der Waals surface area contributed by atoms with Crippen LogP contribution < -0.4 is 10.6 Å². The van der Waals surface area contributed by atoms with Gasteiger partial charge in [-0.15, -0.1) is 0 Å². The molecule has 2 aliphatic heterocycles. The van der Waals surface area contributed by atoms with Crippen LogP contribution in [0, 0.1) is 0 Å². The van der Waals surface area contributed by atoms with Crippen LogP contribution in [-0.4, -0.2) is 37.2 Å². The lowest BCUT2D eigenvalue weighted by Crippen LogP contribution is -2.48. The second-order valence-electron chi connectivity index (χ2n) is 5.89. The Hall–Kier alpha value is -0.610. The van der Waals surface area contributed by atoms with Crippen LogP contribution in [0.25, 0.3) is 0 Å². The van der Waals surface area contributed by atoms with E-state index in [2.05, 4.69) is 15.4 Å². The van der Waals surface area contributed by atoms with E-state index in [1.807, 2.05) is 20.8 Å². The van der Waals surface area contributed by atoms with Gasteiger partial charge in [0.15, 0.2) is 0 Å². The maximum absolute atomic E-state index is 9.60. The number of ether oxygens (including phenoxy) is 1. The van der Waals surface area contributed by atoms with Crippen molar-refractivity contribution in [3.63, 3.8) is 0 Å². The van der Waals surface area contributed by atoms with Crippen molar-refractivity contribution in [1.29, 1.82) is 0 Å². The van der Waals surface area contributed by atoms with E-state index in [-0.39, 0.29) is 5.60 Å². The molecule has 2 saturated heterocycles. The van der Waals surface area contributed by atoms with Crippen molar-refractivity contribution in [2.75, 3.05) is 19.6 Å². The fourth-order valence-electron chi connectivity index (χ4n) is 2.35. The molecule has 2 fully saturated rings. The van der Waals surface area contributed by atoms with E-state index in [0.29, 0.717) is 12.0 Å². The van der Waals surface area contributed by atoms with Gasteiger partial charge in [0.05, 0.1) is 0 Å². The van der Waals surface area contributed by atoms with Crippen molar-refractivity contribution in [3.8, 4) is 0 Å². The van der Waals surface area contributed by atoms with Gasteiger partial charge in [-0.2, -0.15) is 0 Å². The molecule has 17 heavy (non-hydrogen) atoms. The standard InChI is InChI=1S/C8H16N2.C5H10O2/c1-2-8(10-5-1)3-6-9-7-4-8;1-5(2,3)7-4-6/h9-10H,1-7H2;4H,1-3H3. The predicted octanol–water partition coefficient (Wildman–Crippen LogP) is 1.45. The first kappa shape index (κ1) is 14.5. The molecule has 0 radical (unpaired) electrons. The van der Waals surface area contributed by atoms with Gasteiger partial charge in [0.25, 0.3) is 6.47 Å². The maximum atomic E-state index is 9.60. The van der Waals surface area contributed by atoms with E-state index < -0.39 is 0 Å². The summed E-state index contributed by atoms with van der Waals surface area (Å²) >= 11 is 0. The fraction of sp³-hybridized carbons (Fsp3) is 0.923. The van der Waals surface area contributed by atoms with Crippen molar-refractivity contribution >= 4 is 6.47 Å². The molecule has 4 heteroatoms. The van der Waals surface area contributed by atoms with Crippen LogP contribution >= 0.6 is 0 Å². The molecule has 0 amide bonds. The van der Waals surface area contributed by atoms with Gasteiger partial charge >= 0.3 is 0 Å². The lowest BCUT2D eigenvalue weighted by molar-refractivity contribution is -0.138. The van der Waals surface area contributed by atoms with Gasteiger partial charge in [-0.05, 0) is 66.1 Å². The zero-order valence-corrected chi connectivity index (χ0v) is 11.3. The molecule has 0 unspecified atom stereocenters. The molecule has 100 valence electrons. The Balaban J connectivity index is 0.000000185. The average molecular weight is 242 g/mol. The van der Waals surface area contributed by atoms with Crippen molar-refractivity contribution in [2.45, 2.75) is 57.6 Å². The van der Waals surface area contributed by atoms with Crippen molar-refractivity contribution in [3.05, 3.63) is 0 Å². The van der Waals surface area contributed by atoms with Crippen molar-refractivity contribution in [1.82, 2.24) is 10.6 Å². The van der Waals surface area contributed by atoms with E-state index in [9.17, 15) is 4.79 Å². The molecule has 0 atom stereocenters. The molecule has 2 heterocycles. The summed E-state index contributed by atoms with van der Waals surface area (Å²) in [5.74, 6) is 0. The van der Waals surface area contributed by atoms with Gasteiger partial charge in [-0.25, -0.2) is 0 Å². The van der Waals surface area contributed by atoms with Crippen LogP contribution in [0.3, 0.4) is 0 Å². The first-order valence-electron chi connectivity index (χ1n) is 6.55. The Labute approximate surface area is 104 Å². The molecule has 2 N–H and O–H groups in total. The number of nitrogens with one attached hydrogen (secondary N) is 2. The highest BCUT2D eigenvalue weighted by atomic mass is 16.5. The van der Waals surface area contributed by atoms with Crippen LogP contribution in [0.5, 0.6) is 0 Å². The third-order valence-corrected chi connectivity index (χ3v) is 3.29.